The summed E-state index contributed by atoms with van der Waals surface area (Å²) in [6.07, 6.45) is 4.34. The summed E-state index contributed by atoms with van der Waals surface area (Å²) in [6.45, 7) is 4.50. The Kier molecular flexibility index (Phi) is 3.32. The van der Waals surface area contributed by atoms with E-state index < -0.39 is 0 Å². The number of hydrogen-bond acceptors (Lipinski definition) is 3. The number of pyridine rings is 1. The monoisotopic (exact) mass is 229 g/mol. The summed E-state index contributed by atoms with van der Waals surface area (Å²) in [4.78, 5) is 15.8. The maximum Gasteiger partial charge on any atom is 0.269 e. The van der Waals surface area contributed by atoms with Crippen LogP contribution in [0.25, 0.3) is 11.3 Å². The largest absolute Gasteiger partial charge is 0.269 e. The van der Waals surface area contributed by atoms with Gasteiger partial charge in [-0.05, 0) is 31.5 Å². The van der Waals surface area contributed by atoms with E-state index in [-0.39, 0.29) is 5.56 Å². The first-order valence-electron chi connectivity index (χ1n) is 5.71. The van der Waals surface area contributed by atoms with Gasteiger partial charge in [-0.1, -0.05) is 6.92 Å². The van der Waals surface area contributed by atoms with Crippen LogP contribution < -0.4 is 5.56 Å². The van der Waals surface area contributed by atoms with Gasteiger partial charge in [0.05, 0.1) is 5.69 Å². The maximum atomic E-state index is 11.8. The summed E-state index contributed by atoms with van der Waals surface area (Å²) in [5.74, 6) is 0. The molecule has 0 saturated heterocycles. The molecule has 0 aromatic carbocycles. The zero-order valence-corrected chi connectivity index (χ0v) is 10.1. The molecule has 0 fully saturated rings. The molecule has 2 rings (SSSR count). The van der Waals surface area contributed by atoms with Crippen LogP contribution in [0.15, 0.2) is 35.4 Å². The van der Waals surface area contributed by atoms with Crippen molar-refractivity contribution >= 4 is 0 Å². The molecule has 2 aromatic rings. The van der Waals surface area contributed by atoms with Crippen molar-refractivity contribution in [3.05, 3.63) is 46.5 Å². The molecule has 17 heavy (non-hydrogen) atoms. The Balaban J connectivity index is 2.53. The van der Waals surface area contributed by atoms with E-state index in [1.54, 1.807) is 12.4 Å². The normalized spacial score (nSPS) is 10.5. The molecule has 4 heteroatoms. The molecule has 0 atom stereocenters. The molecule has 0 aliphatic heterocycles. The second-order valence-corrected chi connectivity index (χ2v) is 3.98. The highest BCUT2D eigenvalue weighted by atomic mass is 16.1. The average molecular weight is 229 g/mol. The highest BCUT2D eigenvalue weighted by Gasteiger charge is 2.06. The number of aromatic nitrogens is 3. The molecule has 0 N–H and O–H groups in total. The predicted octanol–water partition coefficient (Wildman–Crippen LogP) is 2.02. The van der Waals surface area contributed by atoms with Gasteiger partial charge in [0.15, 0.2) is 0 Å². The number of rotatable bonds is 3. The summed E-state index contributed by atoms with van der Waals surface area (Å²) in [5, 5.41) is 4.37. The standard InChI is InChI=1S/C13H15N3O/c1-3-8-16-13(17)10(2)9-12(15-16)11-4-6-14-7-5-11/h4-7,9H,3,8H2,1-2H3. The quantitative estimate of drug-likeness (QED) is 0.809. The zero-order chi connectivity index (χ0) is 12.3. The third kappa shape index (κ3) is 2.41. The van der Waals surface area contributed by atoms with Crippen LogP contribution in [0.1, 0.15) is 18.9 Å². The van der Waals surface area contributed by atoms with Gasteiger partial charge >= 0.3 is 0 Å². The first-order valence-corrected chi connectivity index (χ1v) is 5.71. The van der Waals surface area contributed by atoms with Gasteiger partial charge in [0, 0.05) is 30.1 Å². The van der Waals surface area contributed by atoms with Gasteiger partial charge < -0.3 is 0 Å². The highest BCUT2D eigenvalue weighted by Crippen LogP contribution is 2.14. The lowest BCUT2D eigenvalue weighted by atomic mass is 10.1. The van der Waals surface area contributed by atoms with Gasteiger partial charge in [-0.15, -0.1) is 0 Å². The van der Waals surface area contributed by atoms with E-state index in [1.807, 2.05) is 32.0 Å². The fraction of sp³-hybridized carbons (Fsp3) is 0.308. The Bertz CT molecular complexity index is 561. The summed E-state index contributed by atoms with van der Waals surface area (Å²) < 4.78 is 1.53. The molecule has 2 aromatic heterocycles. The third-order valence-electron chi connectivity index (χ3n) is 2.56. The Morgan fingerprint density at radius 1 is 1.29 bits per heavy atom. The number of nitrogens with zero attached hydrogens (tertiary/aromatic N) is 3. The second kappa shape index (κ2) is 4.91. The molecule has 2 heterocycles. The maximum absolute atomic E-state index is 11.8. The van der Waals surface area contributed by atoms with Crippen LogP contribution >= 0.6 is 0 Å². The van der Waals surface area contributed by atoms with Gasteiger partial charge in [0.25, 0.3) is 5.56 Å². The summed E-state index contributed by atoms with van der Waals surface area (Å²) >= 11 is 0. The second-order valence-electron chi connectivity index (χ2n) is 3.98. The minimum atomic E-state index is -0.00958. The molecular formula is C13H15N3O. The molecule has 0 aliphatic carbocycles. The van der Waals surface area contributed by atoms with E-state index in [9.17, 15) is 4.79 Å². The van der Waals surface area contributed by atoms with Crippen molar-refractivity contribution in [3.8, 4) is 11.3 Å². The van der Waals surface area contributed by atoms with Crippen molar-refractivity contribution in [2.75, 3.05) is 0 Å². The minimum Gasteiger partial charge on any atom is -0.268 e. The molecule has 0 amide bonds. The van der Waals surface area contributed by atoms with Crippen molar-refractivity contribution in [2.24, 2.45) is 0 Å². The van der Waals surface area contributed by atoms with Crippen LogP contribution in [0.4, 0.5) is 0 Å². The molecule has 88 valence electrons. The summed E-state index contributed by atoms with van der Waals surface area (Å²) in [5.41, 5.74) is 2.51. The van der Waals surface area contributed by atoms with Crippen LogP contribution in [-0.4, -0.2) is 14.8 Å². The van der Waals surface area contributed by atoms with Gasteiger partial charge in [-0.3, -0.25) is 9.78 Å². The Morgan fingerprint density at radius 2 is 2.00 bits per heavy atom. The van der Waals surface area contributed by atoms with Gasteiger partial charge in [0.2, 0.25) is 0 Å². The lowest BCUT2D eigenvalue weighted by Gasteiger charge is -2.07. The molecule has 4 nitrogen and oxygen atoms in total. The molecular weight excluding hydrogens is 214 g/mol. The molecule has 0 radical (unpaired) electrons. The molecule has 0 unspecified atom stereocenters. The van der Waals surface area contributed by atoms with Crippen LogP contribution in [0.5, 0.6) is 0 Å². The minimum absolute atomic E-state index is 0.00958. The summed E-state index contributed by atoms with van der Waals surface area (Å²) in [6, 6.07) is 5.61. The Morgan fingerprint density at radius 3 is 2.65 bits per heavy atom. The van der Waals surface area contributed by atoms with Crippen molar-refractivity contribution in [3.63, 3.8) is 0 Å². The van der Waals surface area contributed by atoms with Crippen molar-refractivity contribution in [1.82, 2.24) is 14.8 Å². The van der Waals surface area contributed by atoms with Gasteiger partial charge in [0.1, 0.15) is 0 Å². The highest BCUT2D eigenvalue weighted by molar-refractivity contribution is 5.57. The fourth-order valence-corrected chi connectivity index (χ4v) is 1.70. The van der Waals surface area contributed by atoms with Gasteiger partial charge in [-0.2, -0.15) is 5.10 Å². The van der Waals surface area contributed by atoms with Crippen molar-refractivity contribution in [2.45, 2.75) is 26.8 Å². The van der Waals surface area contributed by atoms with Crippen LogP contribution in [0.2, 0.25) is 0 Å². The number of hydrogen-bond donors (Lipinski definition) is 0. The van der Waals surface area contributed by atoms with E-state index in [1.165, 1.54) is 4.68 Å². The Hall–Kier alpha value is -1.97. The third-order valence-corrected chi connectivity index (χ3v) is 2.56. The van der Waals surface area contributed by atoms with E-state index in [2.05, 4.69) is 10.1 Å². The average Bonchev–Trinajstić information content (AvgIpc) is 2.36. The van der Waals surface area contributed by atoms with E-state index in [4.69, 9.17) is 0 Å². The van der Waals surface area contributed by atoms with E-state index in [0.29, 0.717) is 6.54 Å². The smallest absolute Gasteiger partial charge is 0.268 e. The van der Waals surface area contributed by atoms with Gasteiger partial charge in [-0.25, -0.2) is 4.68 Å². The first-order chi connectivity index (χ1) is 8.22. The van der Waals surface area contributed by atoms with E-state index >= 15 is 0 Å². The van der Waals surface area contributed by atoms with Crippen molar-refractivity contribution in [1.29, 1.82) is 0 Å². The van der Waals surface area contributed by atoms with Crippen molar-refractivity contribution < 1.29 is 0 Å². The summed E-state index contributed by atoms with van der Waals surface area (Å²) in [7, 11) is 0. The molecule has 0 aliphatic rings. The Labute approximate surface area is 99.9 Å². The molecule has 0 bridgehead atoms. The first kappa shape index (κ1) is 11.5. The van der Waals surface area contributed by atoms with Crippen LogP contribution in [0.3, 0.4) is 0 Å². The zero-order valence-electron chi connectivity index (χ0n) is 10.1. The van der Waals surface area contributed by atoms with Crippen LogP contribution in [-0.2, 0) is 6.54 Å². The number of aryl methyl sites for hydroxylation is 2. The topological polar surface area (TPSA) is 47.8 Å². The molecule has 0 spiro atoms. The van der Waals surface area contributed by atoms with Crippen LogP contribution in [0, 0.1) is 6.92 Å². The van der Waals surface area contributed by atoms with E-state index in [0.717, 1.165) is 23.2 Å². The lowest BCUT2D eigenvalue weighted by molar-refractivity contribution is 0.567. The fourth-order valence-electron chi connectivity index (χ4n) is 1.70. The molecule has 0 saturated carbocycles. The SMILES string of the molecule is CCCn1nc(-c2ccncc2)cc(C)c1=O. The lowest BCUT2D eigenvalue weighted by Crippen LogP contribution is -2.25. The predicted molar refractivity (Wildman–Crippen MR) is 66.8 cm³/mol.